The summed E-state index contributed by atoms with van der Waals surface area (Å²) in [5.74, 6) is -0.0619. The van der Waals surface area contributed by atoms with E-state index < -0.39 is 17.9 Å². The summed E-state index contributed by atoms with van der Waals surface area (Å²) in [5, 5.41) is 10.1. The highest BCUT2D eigenvalue weighted by atomic mass is 16.4. The Morgan fingerprint density at radius 1 is 1.06 bits per heavy atom. The summed E-state index contributed by atoms with van der Waals surface area (Å²) in [5.41, 5.74) is 7.26. The van der Waals surface area contributed by atoms with Crippen LogP contribution in [0.3, 0.4) is 0 Å². The van der Waals surface area contributed by atoms with Crippen molar-refractivity contribution in [2.75, 3.05) is 13.1 Å². The molecule has 0 radical (unpaired) electrons. The lowest BCUT2D eigenvalue weighted by molar-refractivity contribution is -0.138. The van der Waals surface area contributed by atoms with Crippen molar-refractivity contribution < 1.29 is 19.5 Å². The Morgan fingerprint density at radius 2 is 1.68 bits per heavy atom. The van der Waals surface area contributed by atoms with Crippen LogP contribution in [0.2, 0.25) is 0 Å². The molecule has 1 amide bonds. The van der Waals surface area contributed by atoms with E-state index in [2.05, 4.69) is 13.8 Å². The number of fused-ring (bicyclic) bond motifs is 5. The molecule has 3 N–H and O–H groups in total. The Hall–Kier alpha value is -2.67. The molecule has 0 spiro atoms. The minimum atomic E-state index is -1.07. The summed E-state index contributed by atoms with van der Waals surface area (Å²) in [7, 11) is 0. The molecular weight excluding hydrogens is 430 g/mol. The van der Waals surface area contributed by atoms with E-state index in [1.807, 2.05) is 29.2 Å². The van der Waals surface area contributed by atoms with Gasteiger partial charge in [-0.2, -0.15) is 0 Å². The number of hydrogen-bond donors (Lipinski definition) is 2. The largest absolute Gasteiger partial charge is 0.480 e. The third-order valence-electron chi connectivity index (χ3n) is 7.59. The van der Waals surface area contributed by atoms with E-state index in [4.69, 9.17) is 5.73 Å². The second-order valence-corrected chi connectivity index (χ2v) is 10.7. The second-order valence-electron chi connectivity index (χ2n) is 10.7. The van der Waals surface area contributed by atoms with Crippen LogP contribution >= 0.6 is 0 Å². The van der Waals surface area contributed by atoms with E-state index in [0.29, 0.717) is 18.3 Å². The lowest BCUT2D eigenvalue weighted by Crippen LogP contribution is -2.37. The molecule has 0 unspecified atom stereocenters. The van der Waals surface area contributed by atoms with Crippen molar-refractivity contribution in [3.8, 4) is 0 Å². The SMILES string of the molecule is CC(C)C[C@H](CC(=O)N1CC2CCC(CC2)C1)C(=O)n1cc(C[C@@H](N)C(=O)O)c2ccccc21. The first-order valence-electron chi connectivity index (χ1n) is 12.6. The van der Waals surface area contributed by atoms with Gasteiger partial charge in [-0.3, -0.25) is 19.0 Å². The molecule has 7 heteroatoms. The summed E-state index contributed by atoms with van der Waals surface area (Å²) < 4.78 is 1.62. The van der Waals surface area contributed by atoms with Crippen LogP contribution in [-0.2, 0) is 16.0 Å². The number of nitrogens with two attached hydrogens (primary N) is 1. The highest BCUT2D eigenvalue weighted by Crippen LogP contribution is 2.34. The van der Waals surface area contributed by atoms with Gasteiger partial charge in [0.15, 0.2) is 0 Å². The molecule has 2 aromatic rings. The Kier molecular flexibility index (Phi) is 7.41. The fourth-order valence-corrected chi connectivity index (χ4v) is 5.79. The van der Waals surface area contributed by atoms with Crippen molar-refractivity contribution in [3.05, 3.63) is 36.0 Å². The van der Waals surface area contributed by atoms with E-state index in [1.54, 1.807) is 10.8 Å². The molecule has 2 saturated heterocycles. The number of amides is 1. The molecule has 7 nitrogen and oxygen atoms in total. The third kappa shape index (κ3) is 5.35. The molecule has 3 fully saturated rings. The van der Waals surface area contributed by atoms with Crippen LogP contribution in [0.15, 0.2) is 30.5 Å². The van der Waals surface area contributed by atoms with Gasteiger partial charge in [0, 0.05) is 43.4 Å². The highest BCUT2D eigenvalue weighted by molar-refractivity contribution is 5.97. The Bertz CT molecular complexity index is 1040. The normalized spacial score (nSPS) is 22.1. The first-order chi connectivity index (χ1) is 16.2. The fourth-order valence-electron chi connectivity index (χ4n) is 5.79. The number of carboxylic acids is 1. The number of carbonyl (C=O) groups is 3. The van der Waals surface area contributed by atoms with Gasteiger partial charge in [0.1, 0.15) is 6.04 Å². The zero-order chi connectivity index (χ0) is 24.4. The molecular formula is C27H37N3O4. The number of rotatable bonds is 8. The van der Waals surface area contributed by atoms with Gasteiger partial charge in [-0.05, 0) is 61.5 Å². The van der Waals surface area contributed by atoms with E-state index in [1.165, 1.54) is 25.7 Å². The average molecular weight is 468 g/mol. The van der Waals surface area contributed by atoms with Gasteiger partial charge < -0.3 is 15.7 Å². The number of aromatic nitrogens is 1. The predicted octanol–water partition coefficient (Wildman–Crippen LogP) is 3.94. The summed E-state index contributed by atoms with van der Waals surface area (Å²) in [4.78, 5) is 40.5. The van der Waals surface area contributed by atoms with Crippen LogP contribution in [0.4, 0.5) is 0 Å². The topological polar surface area (TPSA) is 106 Å². The van der Waals surface area contributed by atoms with Crippen molar-refractivity contribution in [2.24, 2.45) is 29.4 Å². The zero-order valence-electron chi connectivity index (χ0n) is 20.3. The summed E-state index contributed by atoms with van der Waals surface area (Å²) in [6.45, 7) is 5.78. The number of benzene rings is 1. The van der Waals surface area contributed by atoms with Crippen LogP contribution in [-0.4, -0.2) is 51.5 Å². The van der Waals surface area contributed by atoms with Gasteiger partial charge in [0.25, 0.3) is 0 Å². The monoisotopic (exact) mass is 467 g/mol. The number of aliphatic carboxylic acids is 1. The molecule has 2 atom stereocenters. The third-order valence-corrected chi connectivity index (χ3v) is 7.59. The van der Waals surface area contributed by atoms with E-state index in [-0.39, 0.29) is 30.6 Å². The Labute approximate surface area is 201 Å². The highest BCUT2D eigenvalue weighted by Gasteiger charge is 2.34. The van der Waals surface area contributed by atoms with Crippen molar-refractivity contribution in [1.82, 2.24) is 9.47 Å². The predicted molar refractivity (Wildman–Crippen MR) is 131 cm³/mol. The number of carbonyl (C=O) groups excluding carboxylic acids is 2. The summed E-state index contributed by atoms with van der Waals surface area (Å²) >= 11 is 0. The molecule has 2 bridgehead atoms. The maximum absolute atomic E-state index is 13.8. The first kappa shape index (κ1) is 24.5. The maximum atomic E-state index is 13.8. The average Bonchev–Trinajstić information content (AvgIpc) is 2.93. The van der Waals surface area contributed by atoms with Gasteiger partial charge >= 0.3 is 5.97 Å². The van der Waals surface area contributed by atoms with Crippen LogP contribution in [0.1, 0.15) is 62.7 Å². The van der Waals surface area contributed by atoms with Crippen LogP contribution in [0, 0.1) is 23.7 Å². The molecule has 184 valence electrons. The van der Waals surface area contributed by atoms with Gasteiger partial charge in [0.2, 0.25) is 11.8 Å². The lowest BCUT2D eigenvalue weighted by atomic mass is 9.84. The van der Waals surface area contributed by atoms with E-state index >= 15 is 0 Å². The quantitative estimate of drug-likeness (QED) is 0.612. The smallest absolute Gasteiger partial charge is 0.320 e. The van der Waals surface area contributed by atoms with Crippen LogP contribution in [0.25, 0.3) is 10.9 Å². The molecule has 34 heavy (non-hydrogen) atoms. The first-order valence-corrected chi connectivity index (χ1v) is 12.6. The number of nitrogens with zero attached hydrogens (tertiary/aromatic N) is 2. The molecule has 1 aromatic carbocycles. The van der Waals surface area contributed by atoms with E-state index in [0.717, 1.165) is 29.6 Å². The van der Waals surface area contributed by atoms with Gasteiger partial charge in [0.05, 0.1) is 5.52 Å². The number of hydrogen-bond acceptors (Lipinski definition) is 4. The second kappa shape index (κ2) is 10.3. The zero-order valence-corrected chi connectivity index (χ0v) is 20.3. The standard InChI is InChI=1S/C27H37N3O4/c1-17(2)11-20(13-25(31)29-14-18-7-8-19(15-29)10-9-18)26(32)30-16-21(12-23(28)27(33)34)22-5-3-4-6-24(22)30/h3-6,16-20,23H,7-15,28H2,1-2H3,(H,33,34)/t18?,19?,20-,23-/m1/s1. The van der Waals surface area contributed by atoms with Crippen LogP contribution < -0.4 is 5.73 Å². The van der Waals surface area contributed by atoms with Gasteiger partial charge in [-0.25, -0.2) is 0 Å². The number of carboxylic acid groups (broad SMARTS) is 1. The maximum Gasteiger partial charge on any atom is 0.320 e. The van der Waals surface area contributed by atoms with Crippen molar-refractivity contribution >= 4 is 28.7 Å². The fraction of sp³-hybridized carbons (Fsp3) is 0.593. The van der Waals surface area contributed by atoms with Crippen molar-refractivity contribution in [2.45, 2.75) is 64.8 Å². The molecule has 3 heterocycles. The Morgan fingerprint density at radius 3 is 2.26 bits per heavy atom. The van der Waals surface area contributed by atoms with Gasteiger partial charge in [-0.15, -0.1) is 0 Å². The lowest BCUT2D eigenvalue weighted by Gasteiger charge is -2.26. The van der Waals surface area contributed by atoms with E-state index in [9.17, 15) is 19.5 Å². The molecule has 2 aliphatic heterocycles. The van der Waals surface area contributed by atoms with Crippen LogP contribution in [0.5, 0.6) is 0 Å². The Balaban J connectivity index is 1.59. The minimum absolute atomic E-state index is 0.0855. The summed E-state index contributed by atoms with van der Waals surface area (Å²) in [6.07, 6.45) is 7.53. The molecule has 3 aliphatic rings. The number of para-hydroxylation sites is 1. The summed E-state index contributed by atoms with van der Waals surface area (Å²) in [6, 6.07) is 6.45. The van der Waals surface area contributed by atoms with Gasteiger partial charge in [-0.1, -0.05) is 32.0 Å². The molecule has 1 saturated carbocycles. The van der Waals surface area contributed by atoms with Crippen molar-refractivity contribution in [1.29, 1.82) is 0 Å². The molecule has 1 aromatic heterocycles. The minimum Gasteiger partial charge on any atom is -0.480 e. The molecule has 1 aliphatic carbocycles. The van der Waals surface area contributed by atoms with Crippen molar-refractivity contribution in [3.63, 3.8) is 0 Å². The molecule has 5 rings (SSSR count).